The standard InChI is InChI=1S/C15H23FN2O/c1-12-7-9-17(2)11-13(8-10-19)18(12)15-6-4-3-5-14(15)16/h3-6,12-13,19H,7-11H2,1-2H3. The minimum absolute atomic E-state index is 0.135. The number of likely N-dealkylation sites (N-methyl/N-ethyl adjacent to an activating group) is 1. The first-order valence-corrected chi connectivity index (χ1v) is 6.95. The Hall–Kier alpha value is -1.13. The molecule has 1 heterocycles. The first-order valence-electron chi connectivity index (χ1n) is 6.95. The Morgan fingerprint density at radius 3 is 2.79 bits per heavy atom. The van der Waals surface area contributed by atoms with Gasteiger partial charge in [0.1, 0.15) is 5.82 Å². The maximum absolute atomic E-state index is 14.1. The van der Waals surface area contributed by atoms with E-state index >= 15 is 0 Å². The lowest BCUT2D eigenvalue weighted by atomic mass is 10.1. The monoisotopic (exact) mass is 266 g/mol. The van der Waals surface area contributed by atoms with Crippen molar-refractivity contribution in [2.24, 2.45) is 0 Å². The molecule has 2 unspecified atom stereocenters. The lowest BCUT2D eigenvalue weighted by molar-refractivity contribution is 0.252. The number of rotatable bonds is 3. The molecular formula is C15H23FN2O. The van der Waals surface area contributed by atoms with Gasteiger partial charge in [-0.05, 0) is 45.5 Å². The van der Waals surface area contributed by atoms with Gasteiger partial charge in [0.25, 0.3) is 0 Å². The molecule has 1 aromatic carbocycles. The SMILES string of the molecule is CC1CCN(C)CC(CCO)N1c1ccccc1F. The molecule has 0 amide bonds. The van der Waals surface area contributed by atoms with Crippen LogP contribution in [-0.4, -0.2) is 48.8 Å². The van der Waals surface area contributed by atoms with Crippen LogP contribution in [-0.2, 0) is 0 Å². The van der Waals surface area contributed by atoms with Gasteiger partial charge in [-0.15, -0.1) is 0 Å². The van der Waals surface area contributed by atoms with Crippen LogP contribution in [0.15, 0.2) is 24.3 Å². The first kappa shape index (κ1) is 14.3. The van der Waals surface area contributed by atoms with E-state index in [1.807, 2.05) is 12.1 Å². The number of anilines is 1. The zero-order valence-corrected chi connectivity index (χ0v) is 11.7. The molecule has 2 rings (SSSR count). The van der Waals surface area contributed by atoms with Crippen molar-refractivity contribution in [2.75, 3.05) is 31.6 Å². The second-order valence-electron chi connectivity index (χ2n) is 5.42. The van der Waals surface area contributed by atoms with E-state index in [-0.39, 0.29) is 24.5 Å². The molecule has 0 aromatic heterocycles. The molecule has 0 radical (unpaired) electrons. The summed E-state index contributed by atoms with van der Waals surface area (Å²) in [5.74, 6) is -0.179. The Bertz CT molecular complexity index is 413. The van der Waals surface area contributed by atoms with E-state index in [9.17, 15) is 9.50 Å². The van der Waals surface area contributed by atoms with E-state index in [1.165, 1.54) is 6.07 Å². The predicted octanol–water partition coefficient (Wildman–Crippen LogP) is 2.11. The lowest BCUT2D eigenvalue weighted by Crippen LogP contribution is -2.45. The summed E-state index contributed by atoms with van der Waals surface area (Å²) in [4.78, 5) is 4.41. The van der Waals surface area contributed by atoms with Crippen molar-refractivity contribution in [3.05, 3.63) is 30.1 Å². The molecule has 2 atom stereocenters. The molecule has 19 heavy (non-hydrogen) atoms. The second-order valence-corrected chi connectivity index (χ2v) is 5.42. The zero-order valence-electron chi connectivity index (χ0n) is 11.7. The number of para-hydroxylation sites is 1. The van der Waals surface area contributed by atoms with Gasteiger partial charge in [0.15, 0.2) is 0 Å². The van der Waals surface area contributed by atoms with Crippen molar-refractivity contribution in [1.29, 1.82) is 0 Å². The number of nitrogens with zero attached hydrogens (tertiary/aromatic N) is 2. The van der Waals surface area contributed by atoms with Gasteiger partial charge in [0.2, 0.25) is 0 Å². The van der Waals surface area contributed by atoms with Gasteiger partial charge in [-0.1, -0.05) is 12.1 Å². The summed E-state index contributed by atoms with van der Waals surface area (Å²) in [7, 11) is 2.09. The van der Waals surface area contributed by atoms with Gasteiger partial charge < -0.3 is 14.9 Å². The highest BCUT2D eigenvalue weighted by molar-refractivity contribution is 5.50. The molecule has 0 bridgehead atoms. The number of hydrogen-bond acceptors (Lipinski definition) is 3. The summed E-state index contributed by atoms with van der Waals surface area (Å²) in [6.45, 7) is 4.14. The molecule has 4 heteroatoms. The van der Waals surface area contributed by atoms with E-state index in [4.69, 9.17) is 0 Å². The Morgan fingerprint density at radius 2 is 2.11 bits per heavy atom. The summed E-state index contributed by atoms with van der Waals surface area (Å²) >= 11 is 0. The van der Waals surface area contributed by atoms with Crippen LogP contribution in [0.25, 0.3) is 0 Å². The van der Waals surface area contributed by atoms with Gasteiger partial charge in [-0.2, -0.15) is 0 Å². The lowest BCUT2D eigenvalue weighted by Gasteiger charge is -2.37. The third-order valence-electron chi connectivity index (χ3n) is 3.91. The molecule has 1 aromatic rings. The van der Waals surface area contributed by atoms with Gasteiger partial charge in [-0.25, -0.2) is 4.39 Å². The molecule has 0 spiro atoms. The first-order chi connectivity index (χ1) is 9.13. The van der Waals surface area contributed by atoms with Crippen LogP contribution >= 0.6 is 0 Å². The molecule has 1 fully saturated rings. The maximum atomic E-state index is 14.1. The van der Waals surface area contributed by atoms with Crippen molar-refractivity contribution in [3.63, 3.8) is 0 Å². The second kappa shape index (κ2) is 6.35. The largest absolute Gasteiger partial charge is 0.396 e. The fourth-order valence-electron chi connectivity index (χ4n) is 2.92. The van der Waals surface area contributed by atoms with Gasteiger partial charge in [0, 0.05) is 25.2 Å². The van der Waals surface area contributed by atoms with E-state index < -0.39 is 0 Å². The number of hydrogen-bond donors (Lipinski definition) is 1. The van der Waals surface area contributed by atoms with Crippen molar-refractivity contribution >= 4 is 5.69 Å². The summed E-state index contributed by atoms with van der Waals surface area (Å²) in [6.07, 6.45) is 1.68. The maximum Gasteiger partial charge on any atom is 0.146 e. The van der Waals surface area contributed by atoms with Crippen molar-refractivity contribution < 1.29 is 9.50 Å². The smallest absolute Gasteiger partial charge is 0.146 e. The number of aliphatic hydroxyl groups excluding tert-OH is 1. The zero-order chi connectivity index (χ0) is 13.8. The van der Waals surface area contributed by atoms with E-state index in [0.29, 0.717) is 12.1 Å². The number of benzene rings is 1. The number of halogens is 1. The Morgan fingerprint density at radius 1 is 1.37 bits per heavy atom. The van der Waals surface area contributed by atoms with Crippen LogP contribution in [0.5, 0.6) is 0 Å². The Labute approximate surface area is 114 Å². The third kappa shape index (κ3) is 3.25. The van der Waals surface area contributed by atoms with Crippen LogP contribution in [0.1, 0.15) is 19.8 Å². The molecule has 0 aliphatic carbocycles. The molecular weight excluding hydrogens is 243 g/mol. The summed E-state index contributed by atoms with van der Waals surface area (Å²) in [5.41, 5.74) is 0.656. The highest BCUT2D eigenvalue weighted by Gasteiger charge is 2.29. The molecule has 1 N–H and O–H groups in total. The van der Waals surface area contributed by atoms with Crippen LogP contribution in [0, 0.1) is 5.82 Å². The average Bonchev–Trinajstić information content (AvgIpc) is 2.51. The van der Waals surface area contributed by atoms with Crippen molar-refractivity contribution in [2.45, 2.75) is 31.8 Å². The quantitative estimate of drug-likeness (QED) is 0.907. The normalized spacial score (nSPS) is 25.4. The average molecular weight is 266 g/mol. The highest BCUT2D eigenvalue weighted by Crippen LogP contribution is 2.28. The van der Waals surface area contributed by atoms with E-state index in [2.05, 4.69) is 23.8 Å². The van der Waals surface area contributed by atoms with Gasteiger partial charge in [0.05, 0.1) is 5.69 Å². The Balaban J connectivity index is 2.33. The molecule has 106 valence electrons. The molecule has 3 nitrogen and oxygen atoms in total. The minimum Gasteiger partial charge on any atom is -0.396 e. The van der Waals surface area contributed by atoms with Gasteiger partial charge in [-0.3, -0.25) is 0 Å². The fourth-order valence-corrected chi connectivity index (χ4v) is 2.92. The summed E-state index contributed by atoms with van der Waals surface area (Å²) in [5, 5.41) is 9.28. The van der Waals surface area contributed by atoms with Crippen LogP contribution < -0.4 is 4.90 Å². The van der Waals surface area contributed by atoms with E-state index in [0.717, 1.165) is 19.5 Å². The number of aliphatic hydroxyl groups is 1. The van der Waals surface area contributed by atoms with Crippen LogP contribution in [0.2, 0.25) is 0 Å². The third-order valence-corrected chi connectivity index (χ3v) is 3.91. The van der Waals surface area contributed by atoms with E-state index in [1.54, 1.807) is 6.07 Å². The summed E-state index contributed by atoms with van der Waals surface area (Å²) < 4.78 is 14.1. The highest BCUT2D eigenvalue weighted by atomic mass is 19.1. The van der Waals surface area contributed by atoms with Crippen molar-refractivity contribution in [3.8, 4) is 0 Å². The topological polar surface area (TPSA) is 26.7 Å². The predicted molar refractivity (Wildman–Crippen MR) is 75.9 cm³/mol. The fraction of sp³-hybridized carbons (Fsp3) is 0.600. The molecule has 1 saturated heterocycles. The Kier molecular flexibility index (Phi) is 4.77. The van der Waals surface area contributed by atoms with Crippen molar-refractivity contribution in [1.82, 2.24) is 4.90 Å². The molecule has 1 aliphatic heterocycles. The minimum atomic E-state index is -0.179. The van der Waals surface area contributed by atoms with Gasteiger partial charge >= 0.3 is 0 Å². The van der Waals surface area contributed by atoms with Crippen LogP contribution in [0.4, 0.5) is 10.1 Å². The van der Waals surface area contributed by atoms with Crippen LogP contribution in [0.3, 0.4) is 0 Å². The molecule has 0 saturated carbocycles. The summed E-state index contributed by atoms with van der Waals surface area (Å²) in [6, 6.07) is 7.36. The molecule has 1 aliphatic rings.